The monoisotopic (exact) mass is 260 g/mol. The molecule has 0 spiro atoms. The molecule has 0 atom stereocenters. The van der Waals surface area contributed by atoms with E-state index in [0.29, 0.717) is 0 Å². The maximum atomic E-state index is 6.11. The van der Waals surface area contributed by atoms with Crippen molar-refractivity contribution >= 4 is 11.8 Å². The van der Waals surface area contributed by atoms with Gasteiger partial charge in [0.05, 0.1) is 0 Å². The minimum Gasteiger partial charge on any atom is -0.488 e. The van der Waals surface area contributed by atoms with Crippen LogP contribution in [0.25, 0.3) is 0 Å². The predicted molar refractivity (Wildman–Crippen MR) is 78.2 cm³/mol. The number of hydrogen-bond donors (Lipinski definition) is 0. The van der Waals surface area contributed by atoms with Gasteiger partial charge in [0.2, 0.25) is 0 Å². The molecule has 0 aliphatic carbocycles. The Bertz CT molecular complexity index is 521. The highest BCUT2D eigenvalue weighted by molar-refractivity contribution is 8.04. The van der Waals surface area contributed by atoms with Gasteiger partial charge in [-0.15, -0.1) is 6.42 Å². The van der Waals surface area contributed by atoms with Crippen molar-refractivity contribution < 1.29 is 4.74 Å². The molecule has 1 aliphatic rings. The average molecular weight is 260 g/mol. The van der Waals surface area contributed by atoms with Crippen molar-refractivity contribution in [3.8, 4) is 17.4 Å². The van der Waals surface area contributed by atoms with Crippen LogP contribution in [0, 0.1) is 18.6 Å². The second kappa shape index (κ2) is 4.24. The normalized spacial score (nSPS) is 19.6. The van der Waals surface area contributed by atoms with Crippen LogP contribution in [-0.4, -0.2) is 5.60 Å². The molecule has 1 heterocycles. The summed E-state index contributed by atoms with van der Waals surface area (Å²) in [6.07, 6.45) is 6.41. The summed E-state index contributed by atoms with van der Waals surface area (Å²) in [5.74, 6) is 1.01. The van der Waals surface area contributed by atoms with Gasteiger partial charge in [0.1, 0.15) is 11.4 Å². The molecule has 1 aromatic rings. The fourth-order valence-corrected chi connectivity index (χ4v) is 3.47. The largest absolute Gasteiger partial charge is 0.488 e. The number of ether oxygens (including phenoxy) is 1. The maximum Gasteiger partial charge on any atom is 0.124 e. The number of fused-ring (bicyclic) bond motifs is 1. The second-order valence-corrected chi connectivity index (χ2v) is 7.14. The van der Waals surface area contributed by atoms with E-state index in [1.54, 1.807) is 0 Å². The van der Waals surface area contributed by atoms with Crippen LogP contribution < -0.4 is 4.74 Å². The highest BCUT2D eigenvalue weighted by Gasteiger charge is 2.39. The SMILES string of the molecule is C#CSc1cc2c(cc1C)OC(C)(C)CC2(C)C. The third-order valence-electron chi connectivity index (χ3n) is 3.43. The van der Waals surface area contributed by atoms with Gasteiger partial charge in [-0.1, -0.05) is 13.8 Å². The lowest BCUT2D eigenvalue weighted by Crippen LogP contribution is -2.41. The van der Waals surface area contributed by atoms with Gasteiger partial charge < -0.3 is 4.74 Å². The lowest BCUT2D eigenvalue weighted by atomic mass is 9.73. The quantitative estimate of drug-likeness (QED) is 0.542. The van der Waals surface area contributed by atoms with Gasteiger partial charge in [0.25, 0.3) is 0 Å². The lowest BCUT2D eigenvalue weighted by molar-refractivity contribution is 0.0531. The van der Waals surface area contributed by atoms with Crippen molar-refractivity contribution in [1.82, 2.24) is 0 Å². The predicted octanol–water partition coefficient (Wildman–Crippen LogP) is 4.52. The first-order valence-corrected chi connectivity index (χ1v) is 7.03. The van der Waals surface area contributed by atoms with Gasteiger partial charge in [-0.2, -0.15) is 0 Å². The summed E-state index contributed by atoms with van der Waals surface area (Å²) < 4.78 is 6.11. The van der Waals surface area contributed by atoms with Crippen LogP contribution in [0.2, 0.25) is 0 Å². The minimum absolute atomic E-state index is 0.107. The summed E-state index contributed by atoms with van der Waals surface area (Å²) in [5.41, 5.74) is 2.47. The topological polar surface area (TPSA) is 9.23 Å². The van der Waals surface area contributed by atoms with Gasteiger partial charge in [0.15, 0.2) is 0 Å². The van der Waals surface area contributed by atoms with Crippen molar-refractivity contribution in [2.45, 2.75) is 57.0 Å². The van der Waals surface area contributed by atoms with Gasteiger partial charge >= 0.3 is 0 Å². The molecule has 0 unspecified atom stereocenters. The summed E-state index contributed by atoms with van der Waals surface area (Å²) in [7, 11) is 0. The van der Waals surface area contributed by atoms with Crippen molar-refractivity contribution in [3.05, 3.63) is 23.3 Å². The summed E-state index contributed by atoms with van der Waals surface area (Å²) in [4.78, 5) is 1.16. The number of aryl methyl sites for hydroxylation is 1. The molecule has 18 heavy (non-hydrogen) atoms. The van der Waals surface area contributed by atoms with E-state index < -0.39 is 0 Å². The molecular formula is C16H20OS. The van der Waals surface area contributed by atoms with Gasteiger partial charge in [0, 0.05) is 10.5 Å². The molecular weight excluding hydrogens is 240 g/mol. The van der Waals surface area contributed by atoms with E-state index in [0.717, 1.165) is 17.1 Å². The molecule has 0 fully saturated rings. The zero-order valence-electron chi connectivity index (χ0n) is 11.8. The van der Waals surface area contributed by atoms with Crippen LogP contribution in [-0.2, 0) is 5.41 Å². The molecule has 1 aliphatic heterocycles. The van der Waals surface area contributed by atoms with Gasteiger partial charge in [-0.3, -0.25) is 0 Å². The molecule has 2 rings (SSSR count). The highest BCUT2D eigenvalue weighted by Crippen LogP contribution is 2.46. The van der Waals surface area contributed by atoms with E-state index in [-0.39, 0.29) is 11.0 Å². The summed E-state index contributed by atoms with van der Waals surface area (Å²) >= 11 is 1.45. The van der Waals surface area contributed by atoms with Crippen LogP contribution >= 0.6 is 11.8 Å². The molecule has 0 radical (unpaired) electrons. The average Bonchev–Trinajstić information content (AvgIpc) is 2.17. The zero-order valence-corrected chi connectivity index (χ0v) is 12.6. The van der Waals surface area contributed by atoms with E-state index in [9.17, 15) is 0 Å². The first-order chi connectivity index (χ1) is 8.25. The molecule has 0 amide bonds. The molecule has 0 aromatic heterocycles. The van der Waals surface area contributed by atoms with Crippen molar-refractivity contribution in [2.75, 3.05) is 0 Å². The van der Waals surface area contributed by atoms with Crippen LogP contribution in [0.15, 0.2) is 17.0 Å². The number of hydrogen-bond acceptors (Lipinski definition) is 2. The Morgan fingerprint density at radius 3 is 2.56 bits per heavy atom. The van der Waals surface area contributed by atoms with E-state index in [1.165, 1.54) is 22.9 Å². The molecule has 2 heteroatoms. The highest BCUT2D eigenvalue weighted by atomic mass is 32.2. The Morgan fingerprint density at radius 1 is 1.28 bits per heavy atom. The van der Waals surface area contributed by atoms with E-state index >= 15 is 0 Å². The minimum atomic E-state index is -0.107. The van der Waals surface area contributed by atoms with E-state index in [1.807, 2.05) is 0 Å². The van der Waals surface area contributed by atoms with Crippen LogP contribution in [0.4, 0.5) is 0 Å². The second-order valence-electron chi connectivity index (χ2n) is 6.26. The Balaban J connectivity index is 2.57. The van der Waals surface area contributed by atoms with Crippen LogP contribution in [0.3, 0.4) is 0 Å². The fraction of sp³-hybridized carbons (Fsp3) is 0.500. The van der Waals surface area contributed by atoms with Crippen molar-refractivity contribution in [2.24, 2.45) is 0 Å². The third-order valence-corrected chi connectivity index (χ3v) is 4.21. The van der Waals surface area contributed by atoms with Crippen LogP contribution in [0.5, 0.6) is 5.75 Å². The Morgan fingerprint density at radius 2 is 1.94 bits per heavy atom. The van der Waals surface area contributed by atoms with Crippen molar-refractivity contribution in [1.29, 1.82) is 0 Å². The standard InChI is InChI=1S/C16H20OS/c1-7-18-14-9-12-13(8-11(14)2)17-16(5,6)10-15(12,3)4/h1,8-9H,10H2,2-6H3. The third kappa shape index (κ3) is 2.37. The first kappa shape index (κ1) is 13.4. The molecule has 0 saturated heterocycles. The number of rotatable bonds is 1. The Labute approximate surface area is 114 Å². The van der Waals surface area contributed by atoms with Gasteiger partial charge in [-0.25, -0.2) is 0 Å². The zero-order chi connectivity index (χ0) is 13.6. The molecule has 0 bridgehead atoms. The van der Waals surface area contributed by atoms with Crippen LogP contribution in [0.1, 0.15) is 45.2 Å². The fourth-order valence-electron chi connectivity index (χ4n) is 2.94. The molecule has 0 N–H and O–H groups in total. The lowest BCUT2D eigenvalue weighted by Gasteiger charge is -2.42. The Hall–Kier alpha value is -1.07. The van der Waals surface area contributed by atoms with E-state index in [4.69, 9.17) is 11.2 Å². The maximum absolute atomic E-state index is 6.11. The van der Waals surface area contributed by atoms with Crippen molar-refractivity contribution in [3.63, 3.8) is 0 Å². The molecule has 1 aromatic carbocycles. The Kier molecular flexibility index (Phi) is 3.15. The summed E-state index contributed by atoms with van der Waals surface area (Å²) in [6.45, 7) is 10.9. The number of benzene rings is 1. The first-order valence-electron chi connectivity index (χ1n) is 6.22. The smallest absolute Gasteiger partial charge is 0.124 e. The molecule has 96 valence electrons. The summed E-state index contributed by atoms with van der Waals surface area (Å²) in [5, 5.41) is 2.65. The number of terminal acetylenes is 1. The van der Waals surface area contributed by atoms with E-state index in [2.05, 4.69) is 52.0 Å². The van der Waals surface area contributed by atoms with Gasteiger partial charge in [-0.05, 0) is 67.3 Å². The molecule has 1 nitrogen and oxygen atoms in total. The molecule has 0 saturated carbocycles. The summed E-state index contributed by atoms with van der Waals surface area (Å²) in [6, 6.07) is 4.32. The number of thioether (sulfide) groups is 1.